The highest BCUT2D eigenvalue weighted by molar-refractivity contribution is 9.10. The van der Waals surface area contributed by atoms with Crippen LogP contribution in [0.3, 0.4) is 0 Å². The predicted octanol–water partition coefficient (Wildman–Crippen LogP) is 2.18. The summed E-state index contributed by atoms with van der Waals surface area (Å²) in [5.74, 6) is 0. The van der Waals surface area contributed by atoms with Crippen LogP contribution in [0.2, 0.25) is 0 Å². The van der Waals surface area contributed by atoms with Gasteiger partial charge in [0.25, 0.3) is 0 Å². The maximum Gasteiger partial charge on any atom is 0.0864 e. The lowest BCUT2D eigenvalue weighted by Crippen LogP contribution is -2.28. The summed E-state index contributed by atoms with van der Waals surface area (Å²) in [6, 6.07) is 7.90. The van der Waals surface area contributed by atoms with Gasteiger partial charge in [-0.25, -0.2) is 0 Å². The van der Waals surface area contributed by atoms with Crippen molar-refractivity contribution in [2.45, 2.75) is 6.42 Å². The number of halogens is 1. The molecule has 0 saturated heterocycles. The van der Waals surface area contributed by atoms with E-state index in [1.807, 2.05) is 24.3 Å². The van der Waals surface area contributed by atoms with E-state index < -0.39 is 0 Å². The van der Waals surface area contributed by atoms with Crippen molar-refractivity contribution in [2.75, 3.05) is 31.2 Å². The zero-order valence-electron chi connectivity index (χ0n) is 10.6. The maximum absolute atomic E-state index is 9.19. The number of para-hydroxylation sites is 1. The van der Waals surface area contributed by atoms with Crippen LogP contribution in [0, 0.1) is 0 Å². The number of rotatable bonds is 6. The second-order valence-corrected chi connectivity index (χ2v) is 5.11. The molecule has 0 saturated carbocycles. The molecule has 2 rings (SSSR count). The van der Waals surface area contributed by atoms with Gasteiger partial charge in [-0.1, -0.05) is 12.1 Å². The molecule has 102 valence electrons. The summed E-state index contributed by atoms with van der Waals surface area (Å²) in [7, 11) is 0. The SMILES string of the molecule is OCCCN(CCO)c1ccnc2c(Br)cccc12. The van der Waals surface area contributed by atoms with Gasteiger partial charge in [-0.05, 0) is 34.5 Å². The number of hydrogen-bond acceptors (Lipinski definition) is 4. The van der Waals surface area contributed by atoms with E-state index in [-0.39, 0.29) is 13.2 Å². The summed E-state index contributed by atoms with van der Waals surface area (Å²) in [6.07, 6.45) is 2.45. The molecular formula is C14H17BrN2O2. The standard InChI is InChI=1S/C14H17BrN2O2/c15-12-4-1-3-11-13(5-6-16-14(11)12)17(8-10-19)7-2-9-18/h1,3-6,18-19H,2,7-10H2. The van der Waals surface area contributed by atoms with Gasteiger partial charge < -0.3 is 15.1 Å². The Morgan fingerprint density at radius 2 is 1.95 bits per heavy atom. The van der Waals surface area contributed by atoms with Crippen molar-refractivity contribution in [1.29, 1.82) is 0 Å². The number of aliphatic hydroxyl groups is 2. The fraction of sp³-hybridized carbons (Fsp3) is 0.357. The molecule has 5 heteroatoms. The summed E-state index contributed by atoms with van der Waals surface area (Å²) >= 11 is 3.50. The smallest absolute Gasteiger partial charge is 0.0864 e. The number of aliphatic hydroxyl groups excluding tert-OH is 2. The number of aromatic nitrogens is 1. The molecule has 0 fully saturated rings. The Morgan fingerprint density at radius 1 is 1.11 bits per heavy atom. The Kier molecular flexibility index (Phi) is 5.13. The van der Waals surface area contributed by atoms with Gasteiger partial charge in [-0.15, -0.1) is 0 Å². The van der Waals surface area contributed by atoms with E-state index in [2.05, 4.69) is 25.8 Å². The molecule has 0 spiro atoms. The fourth-order valence-corrected chi connectivity index (χ4v) is 2.60. The molecule has 2 N–H and O–H groups in total. The molecule has 0 unspecified atom stereocenters. The first-order valence-electron chi connectivity index (χ1n) is 6.28. The van der Waals surface area contributed by atoms with Crippen LogP contribution in [0.1, 0.15) is 6.42 Å². The van der Waals surface area contributed by atoms with E-state index in [0.717, 1.165) is 21.1 Å². The first-order valence-corrected chi connectivity index (χ1v) is 7.07. The van der Waals surface area contributed by atoms with Crippen molar-refractivity contribution < 1.29 is 10.2 Å². The first-order chi connectivity index (χ1) is 9.27. The van der Waals surface area contributed by atoms with E-state index in [1.54, 1.807) is 6.20 Å². The molecular weight excluding hydrogens is 308 g/mol. The van der Waals surface area contributed by atoms with Gasteiger partial charge in [0.05, 0.1) is 12.1 Å². The number of hydrogen-bond donors (Lipinski definition) is 2. The van der Waals surface area contributed by atoms with Crippen LogP contribution in [-0.4, -0.2) is 41.5 Å². The maximum atomic E-state index is 9.19. The number of nitrogens with zero attached hydrogens (tertiary/aromatic N) is 2. The van der Waals surface area contributed by atoms with Crippen molar-refractivity contribution in [3.8, 4) is 0 Å². The van der Waals surface area contributed by atoms with Crippen molar-refractivity contribution in [3.05, 3.63) is 34.9 Å². The minimum absolute atomic E-state index is 0.0866. The van der Waals surface area contributed by atoms with Gasteiger partial charge >= 0.3 is 0 Å². The molecule has 1 heterocycles. The van der Waals surface area contributed by atoms with E-state index in [4.69, 9.17) is 5.11 Å². The van der Waals surface area contributed by atoms with Gasteiger partial charge in [-0.3, -0.25) is 4.98 Å². The van der Waals surface area contributed by atoms with Crippen LogP contribution in [0.25, 0.3) is 10.9 Å². The van der Waals surface area contributed by atoms with Crippen molar-refractivity contribution in [1.82, 2.24) is 4.98 Å². The minimum atomic E-state index is 0.0866. The number of benzene rings is 1. The lowest BCUT2D eigenvalue weighted by molar-refractivity contribution is 0.281. The Labute approximate surface area is 120 Å². The van der Waals surface area contributed by atoms with Gasteiger partial charge in [0, 0.05) is 41.4 Å². The summed E-state index contributed by atoms with van der Waals surface area (Å²) < 4.78 is 0.956. The molecule has 1 aromatic carbocycles. The normalized spacial score (nSPS) is 10.9. The predicted molar refractivity (Wildman–Crippen MR) is 80.4 cm³/mol. The average Bonchev–Trinajstić information content (AvgIpc) is 2.43. The lowest BCUT2D eigenvalue weighted by atomic mass is 10.1. The summed E-state index contributed by atoms with van der Waals surface area (Å²) in [5, 5.41) is 19.2. The Bertz CT molecular complexity index is 548. The molecule has 19 heavy (non-hydrogen) atoms. The van der Waals surface area contributed by atoms with E-state index in [9.17, 15) is 5.11 Å². The highest BCUT2D eigenvalue weighted by Crippen LogP contribution is 2.29. The van der Waals surface area contributed by atoms with Gasteiger partial charge in [0.15, 0.2) is 0 Å². The summed E-state index contributed by atoms with van der Waals surface area (Å²) in [5.41, 5.74) is 1.95. The third kappa shape index (κ3) is 3.23. The molecule has 0 aliphatic heterocycles. The van der Waals surface area contributed by atoms with E-state index in [0.29, 0.717) is 19.5 Å². The Morgan fingerprint density at radius 3 is 2.68 bits per heavy atom. The molecule has 2 aromatic rings. The van der Waals surface area contributed by atoms with E-state index in [1.165, 1.54) is 0 Å². The Hall–Kier alpha value is -1.17. The van der Waals surface area contributed by atoms with Gasteiger partial charge in [-0.2, -0.15) is 0 Å². The van der Waals surface area contributed by atoms with Gasteiger partial charge in [0.1, 0.15) is 0 Å². The molecule has 4 nitrogen and oxygen atoms in total. The van der Waals surface area contributed by atoms with Crippen LogP contribution in [0.4, 0.5) is 5.69 Å². The Balaban J connectivity index is 2.43. The first kappa shape index (κ1) is 14.2. The average molecular weight is 325 g/mol. The largest absolute Gasteiger partial charge is 0.396 e. The van der Waals surface area contributed by atoms with Gasteiger partial charge in [0.2, 0.25) is 0 Å². The molecule has 0 radical (unpaired) electrons. The monoisotopic (exact) mass is 324 g/mol. The van der Waals surface area contributed by atoms with Crippen molar-refractivity contribution >= 4 is 32.5 Å². The van der Waals surface area contributed by atoms with Crippen LogP contribution < -0.4 is 4.90 Å². The molecule has 0 amide bonds. The third-order valence-corrected chi connectivity index (χ3v) is 3.64. The topological polar surface area (TPSA) is 56.6 Å². The second kappa shape index (κ2) is 6.84. The fourth-order valence-electron chi connectivity index (χ4n) is 2.14. The van der Waals surface area contributed by atoms with Crippen LogP contribution in [0.5, 0.6) is 0 Å². The van der Waals surface area contributed by atoms with Crippen LogP contribution in [0.15, 0.2) is 34.9 Å². The third-order valence-electron chi connectivity index (χ3n) is 3.00. The highest BCUT2D eigenvalue weighted by Gasteiger charge is 2.11. The number of fused-ring (bicyclic) bond motifs is 1. The zero-order valence-corrected chi connectivity index (χ0v) is 12.2. The minimum Gasteiger partial charge on any atom is -0.396 e. The van der Waals surface area contributed by atoms with Crippen molar-refractivity contribution in [2.24, 2.45) is 0 Å². The summed E-state index contributed by atoms with van der Waals surface area (Å²) in [6.45, 7) is 1.49. The number of pyridine rings is 1. The molecule has 0 bridgehead atoms. The molecule has 0 atom stereocenters. The number of anilines is 1. The quantitative estimate of drug-likeness (QED) is 0.855. The molecule has 0 aliphatic carbocycles. The van der Waals surface area contributed by atoms with Crippen LogP contribution in [-0.2, 0) is 0 Å². The summed E-state index contributed by atoms with van der Waals surface area (Å²) in [4.78, 5) is 6.45. The molecule has 0 aliphatic rings. The van der Waals surface area contributed by atoms with Crippen molar-refractivity contribution in [3.63, 3.8) is 0 Å². The van der Waals surface area contributed by atoms with E-state index >= 15 is 0 Å². The lowest BCUT2D eigenvalue weighted by Gasteiger charge is -2.25. The van der Waals surface area contributed by atoms with Crippen LogP contribution >= 0.6 is 15.9 Å². The second-order valence-electron chi connectivity index (χ2n) is 4.25. The molecule has 1 aromatic heterocycles. The highest BCUT2D eigenvalue weighted by atomic mass is 79.9. The zero-order chi connectivity index (χ0) is 13.7.